The highest BCUT2D eigenvalue weighted by Gasteiger charge is 2.35. The predicted octanol–water partition coefficient (Wildman–Crippen LogP) is 4.88. The molecule has 1 heterocycles. The summed E-state index contributed by atoms with van der Waals surface area (Å²) in [5.41, 5.74) is 2.41. The van der Waals surface area contributed by atoms with Gasteiger partial charge in [-0.15, -0.1) is 5.10 Å². The average Bonchev–Trinajstić information content (AvgIpc) is 3.70. The lowest BCUT2D eigenvalue weighted by Crippen LogP contribution is -2.48. The molecule has 0 bridgehead atoms. The van der Waals surface area contributed by atoms with Crippen LogP contribution >= 0.6 is 0 Å². The van der Waals surface area contributed by atoms with Crippen LogP contribution in [0.4, 0.5) is 5.69 Å². The van der Waals surface area contributed by atoms with Gasteiger partial charge in [-0.1, -0.05) is 79.8 Å². The summed E-state index contributed by atoms with van der Waals surface area (Å²) < 4.78 is 30.6. The fraction of sp³-hybridized carbons (Fsp3) is 0.394. The highest BCUT2D eigenvalue weighted by atomic mass is 32.2. The molecular weight excluding hydrogens is 576 g/mol. The van der Waals surface area contributed by atoms with Crippen LogP contribution in [-0.2, 0) is 26.2 Å². The zero-order valence-electron chi connectivity index (χ0n) is 24.6. The molecule has 0 radical (unpaired) electrons. The molecule has 2 N–H and O–H groups in total. The van der Waals surface area contributed by atoms with Crippen LogP contribution in [0.3, 0.4) is 0 Å². The number of amides is 2. The second kappa shape index (κ2) is 13.3. The third-order valence-electron chi connectivity index (χ3n) is 8.65. The highest BCUT2D eigenvalue weighted by Crippen LogP contribution is 2.31. The van der Waals surface area contributed by atoms with Gasteiger partial charge in [0.05, 0.1) is 10.4 Å². The summed E-state index contributed by atoms with van der Waals surface area (Å²) in [7, 11) is -3.73. The van der Waals surface area contributed by atoms with Gasteiger partial charge in [0, 0.05) is 17.8 Å². The van der Waals surface area contributed by atoms with Crippen LogP contribution in [0.2, 0.25) is 0 Å². The lowest BCUT2D eigenvalue weighted by atomic mass is 9.94. The predicted molar refractivity (Wildman–Crippen MR) is 168 cm³/mol. The maximum atomic E-state index is 14.3. The zero-order valence-corrected chi connectivity index (χ0v) is 25.5. The molecule has 0 aliphatic heterocycles. The van der Waals surface area contributed by atoms with Gasteiger partial charge in [0.2, 0.25) is 21.8 Å². The normalized spacial score (nSPS) is 17.0. The van der Waals surface area contributed by atoms with E-state index in [0.29, 0.717) is 22.3 Å². The second-order valence-corrected chi connectivity index (χ2v) is 13.5. The third kappa shape index (κ3) is 6.68. The van der Waals surface area contributed by atoms with E-state index in [-0.39, 0.29) is 35.3 Å². The summed E-state index contributed by atoms with van der Waals surface area (Å²) in [6, 6.07) is 21.8. The van der Waals surface area contributed by atoms with Crippen molar-refractivity contribution in [2.75, 3.05) is 4.90 Å². The van der Waals surface area contributed by atoms with Crippen LogP contribution in [-0.4, -0.2) is 47.3 Å². The van der Waals surface area contributed by atoms with E-state index in [9.17, 15) is 18.0 Å². The Morgan fingerprint density at radius 2 is 1.45 bits per heavy atom. The summed E-state index contributed by atoms with van der Waals surface area (Å²) in [5, 5.41) is 11.6. The molecule has 0 spiro atoms. The molecule has 6 rings (SSSR count). The number of anilines is 1. The average molecular weight is 615 g/mol. The number of nitrogens with one attached hydrogen (secondary N) is 2. The topological polar surface area (TPSA) is 126 Å². The van der Waals surface area contributed by atoms with Gasteiger partial charge in [0.15, 0.2) is 0 Å². The smallest absolute Gasteiger partial charge is 0.249 e. The lowest BCUT2D eigenvalue weighted by Gasteiger charge is -2.33. The first-order valence-electron chi connectivity index (χ1n) is 15.5. The van der Waals surface area contributed by atoms with Gasteiger partial charge in [-0.05, 0) is 67.6 Å². The molecule has 2 saturated carbocycles. The molecule has 2 aliphatic carbocycles. The van der Waals surface area contributed by atoms with Crippen LogP contribution in [0.5, 0.6) is 0 Å². The second-order valence-electron chi connectivity index (χ2n) is 11.8. The number of hydrogen-bond acceptors (Lipinski definition) is 6. The van der Waals surface area contributed by atoms with Crippen LogP contribution in [0.25, 0.3) is 11.0 Å². The van der Waals surface area contributed by atoms with E-state index in [1.54, 1.807) is 12.1 Å². The number of hydrogen-bond donors (Lipinski definition) is 2. The molecule has 4 aromatic rings. The van der Waals surface area contributed by atoms with Crippen molar-refractivity contribution >= 4 is 38.6 Å². The maximum absolute atomic E-state index is 14.3. The maximum Gasteiger partial charge on any atom is 0.249 e. The summed E-state index contributed by atoms with van der Waals surface area (Å²) >= 11 is 0. The van der Waals surface area contributed by atoms with Gasteiger partial charge in [0.25, 0.3) is 0 Å². The number of rotatable bonds is 10. The van der Waals surface area contributed by atoms with Crippen molar-refractivity contribution in [2.45, 2.75) is 87.4 Å². The number of carbonyl (C=O) groups excluding carboxylic acids is 2. The lowest BCUT2D eigenvalue weighted by molar-refractivity contribution is -0.127. The Hall–Kier alpha value is -4.09. The fourth-order valence-electron chi connectivity index (χ4n) is 6.37. The summed E-state index contributed by atoms with van der Waals surface area (Å²) in [5.74, 6) is -0.660. The van der Waals surface area contributed by atoms with Crippen molar-refractivity contribution in [2.24, 2.45) is 0 Å². The van der Waals surface area contributed by atoms with Gasteiger partial charge in [0.1, 0.15) is 18.1 Å². The van der Waals surface area contributed by atoms with E-state index in [0.717, 1.165) is 57.8 Å². The van der Waals surface area contributed by atoms with Gasteiger partial charge in [-0.2, -0.15) is 0 Å². The minimum atomic E-state index is -3.73. The Morgan fingerprint density at radius 1 is 0.818 bits per heavy atom. The van der Waals surface area contributed by atoms with Crippen LogP contribution in [0.15, 0.2) is 83.8 Å². The molecule has 44 heavy (non-hydrogen) atoms. The molecule has 2 amide bonds. The Bertz CT molecular complexity index is 1700. The minimum Gasteiger partial charge on any atom is -0.351 e. The number of sulfonamides is 1. The van der Waals surface area contributed by atoms with Crippen molar-refractivity contribution in [3.8, 4) is 0 Å². The van der Waals surface area contributed by atoms with E-state index >= 15 is 0 Å². The molecule has 1 unspecified atom stereocenters. The van der Waals surface area contributed by atoms with Gasteiger partial charge < -0.3 is 5.32 Å². The molecule has 230 valence electrons. The van der Waals surface area contributed by atoms with Crippen LogP contribution in [0, 0.1) is 0 Å². The Kier molecular flexibility index (Phi) is 9.04. The van der Waals surface area contributed by atoms with Crippen molar-refractivity contribution in [1.82, 2.24) is 25.0 Å². The first-order valence-corrected chi connectivity index (χ1v) is 17.0. The quantitative estimate of drug-likeness (QED) is 0.262. The zero-order chi connectivity index (χ0) is 30.5. The van der Waals surface area contributed by atoms with Gasteiger partial charge in [-0.25, -0.2) is 17.8 Å². The van der Waals surface area contributed by atoms with Crippen molar-refractivity contribution in [3.05, 3.63) is 84.4 Å². The van der Waals surface area contributed by atoms with E-state index in [1.807, 2.05) is 54.6 Å². The van der Waals surface area contributed by atoms with E-state index < -0.39 is 16.1 Å². The largest absolute Gasteiger partial charge is 0.351 e. The standard InChI is InChI=1S/C33H38N6O4S/c40-31(23-38-30-18-10-9-17-29(30)35-37-38)39(27-19-21-28(22-20-27)44(42,43)36-26-15-7-8-16-26)32(24-11-3-1-4-12-24)33(41)34-25-13-5-2-6-14-25/h1,3-4,9-12,17-22,25-26,32,36H,2,5-8,13-16,23H2,(H,34,41). The number of nitrogens with zero attached hydrogens (tertiary/aromatic N) is 4. The monoisotopic (exact) mass is 614 g/mol. The number of aromatic nitrogens is 3. The molecule has 0 saturated heterocycles. The van der Waals surface area contributed by atoms with Gasteiger partial charge in [-0.3, -0.25) is 14.5 Å². The molecule has 11 heteroatoms. The number of carbonyl (C=O) groups is 2. The molecule has 2 aliphatic rings. The van der Waals surface area contributed by atoms with E-state index in [2.05, 4.69) is 20.4 Å². The van der Waals surface area contributed by atoms with Crippen molar-refractivity contribution < 1.29 is 18.0 Å². The number of para-hydroxylation sites is 1. The Balaban J connectivity index is 1.37. The van der Waals surface area contributed by atoms with E-state index in [4.69, 9.17) is 0 Å². The Labute approximate surface area is 257 Å². The minimum absolute atomic E-state index is 0.0350. The molecule has 10 nitrogen and oxygen atoms in total. The third-order valence-corrected chi connectivity index (χ3v) is 10.2. The highest BCUT2D eigenvalue weighted by molar-refractivity contribution is 7.89. The SMILES string of the molecule is O=C(NC1CCCCC1)C(c1ccccc1)N(C(=O)Cn1nnc2ccccc21)c1ccc(S(=O)(=O)NC2CCCC2)cc1. The molecule has 2 fully saturated rings. The van der Waals surface area contributed by atoms with Crippen LogP contribution in [0.1, 0.15) is 69.4 Å². The molecule has 1 atom stereocenters. The first-order chi connectivity index (χ1) is 21.4. The Morgan fingerprint density at radius 3 is 2.18 bits per heavy atom. The van der Waals surface area contributed by atoms with Crippen LogP contribution < -0.4 is 14.9 Å². The molecular formula is C33H38N6O4S. The van der Waals surface area contributed by atoms with Crippen molar-refractivity contribution in [3.63, 3.8) is 0 Å². The van der Waals surface area contributed by atoms with E-state index in [1.165, 1.54) is 21.7 Å². The summed E-state index contributed by atoms with van der Waals surface area (Å²) in [6.45, 7) is -0.163. The summed E-state index contributed by atoms with van der Waals surface area (Å²) in [6.07, 6.45) is 8.70. The summed E-state index contributed by atoms with van der Waals surface area (Å²) in [4.78, 5) is 30.0. The fourth-order valence-corrected chi connectivity index (χ4v) is 7.68. The van der Waals surface area contributed by atoms with Gasteiger partial charge >= 0.3 is 0 Å². The molecule has 3 aromatic carbocycles. The first kappa shape index (κ1) is 30.0. The van der Waals surface area contributed by atoms with Crippen molar-refractivity contribution in [1.29, 1.82) is 0 Å². The number of benzene rings is 3. The molecule has 1 aromatic heterocycles. The number of fused-ring (bicyclic) bond motifs is 1.